The first-order valence-corrected chi connectivity index (χ1v) is 12.2. The van der Waals surface area contributed by atoms with Crippen LogP contribution in [0.2, 0.25) is 0 Å². The second kappa shape index (κ2) is 10.8. The maximum Gasteiger partial charge on any atom is 0.407 e. The normalized spacial score (nSPS) is 19.9. The molecular weight excluding hydrogens is 444 g/mol. The van der Waals surface area contributed by atoms with Gasteiger partial charge in [0.1, 0.15) is 12.6 Å². The number of nitrogens with zero attached hydrogens (tertiary/aromatic N) is 1. The van der Waals surface area contributed by atoms with Gasteiger partial charge in [-0.25, -0.2) is 4.79 Å². The fraction of sp³-hybridized carbons (Fsp3) is 0.393. The van der Waals surface area contributed by atoms with Crippen LogP contribution in [0.4, 0.5) is 4.79 Å². The highest BCUT2D eigenvalue weighted by Gasteiger charge is 2.36. The minimum absolute atomic E-state index is 0.0643. The van der Waals surface area contributed by atoms with E-state index in [9.17, 15) is 19.5 Å². The first-order chi connectivity index (χ1) is 16.9. The number of likely N-dealkylation sites (tertiary alicyclic amines) is 1. The molecule has 4 rings (SSSR count). The van der Waals surface area contributed by atoms with Crippen molar-refractivity contribution < 1.29 is 24.2 Å². The first-order valence-electron chi connectivity index (χ1n) is 12.2. The van der Waals surface area contributed by atoms with Gasteiger partial charge in [0.15, 0.2) is 0 Å². The van der Waals surface area contributed by atoms with Gasteiger partial charge < -0.3 is 20.1 Å². The number of carboxylic acid groups (broad SMARTS) is 1. The van der Waals surface area contributed by atoms with Gasteiger partial charge in [0.2, 0.25) is 5.91 Å². The zero-order valence-corrected chi connectivity index (χ0v) is 20.0. The highest BCUT2D eigenvalue weighted by molar-refractivity contribution is 5.86. The average Bonchev–Trinajstić information content (AvgIpc) is 3.18. The topological polar surface area (TPSA) is 95.9 Å². The molecule has 1 saturated heterocycles. The van der Waals surface area contributed by atoms with Crippen LogP contribution < -0.4 is 5.32 Å². The van der Waals surface area contributed by atoms with E-state index in [-0.39, 0.29) is 24.5 Å². The number of fused-ring (bicyclic) bond motifs is 3. The molecule has 2 amide bonds. The van der Waals surface area contributed by atoms with Crippen LogP contribution in [-0.2, 0) is 14.3 Å². The lowest BCUT2D eigenvalue weighted by molar-refractivity contribution is -0.148. The molecule has 0 aromatic heterocycles. The number of benzene rings is 2. The number of carbonyl (C=O) groups is 3. The van der Waals surface area contributed by atoms with Gasteiger partial charge in [0, 0.05) is 18.5 Å². The number of rotatable bonds is 8. The van der Waals surface area contributed by atoms with E-state index in [1.54, 1.807) is 11.0 Å². The standard InChI is InChI=1S/C28H32N2O5/c1-3-4-13-25(26(31)30-15-14-19(27(32)33)16-18(30)2)29-28(34)35-17-24-22-11-7-5-9-20(22)21-10-6-8-12-23(21)24/h3,5-12,18-19,24-25H,1,4,13-17H2,2H3,(H,29,34)(H,32,33)/t18-,19-,25?/m1/s1. The number of ether oxygens (including phenoxy) is 1. The molecule has 2 aromatic rings. The number of piperidine rings is 1. The molecule has 7 heteroatoms. The molecule has 1 aliphatic carbocycles. The predicted octanol–water partition coefficient (Wildman–Crippen LogP) is 4.57. The summed E-state index contributed by atoms with van der Waals surface area (Å²) < 4.78 is 5.64. The van der Waals surface area contributed by atoms with Crippen molar-refractivity contribution in [3.8, 4) is 11.1 Å². The first kappa shape index (κ1) is 24.5. The van der Waals surface area contributed by atoms with Crippen LogP contribution in [0.25, 0.3) is 11.1 Å². The zero-order chi connectivity index (χ0) is 24.9. The Bertz CT molecular complexity index is 1070. The van der Waals surface area contributed by atoms with E-state index in [2.05, 4.69) is 36.2 Å². The largest absolute Gasteiger partial charge is 0.481 e. The molecule has 35 heavy (non-hydrogen) atoms. The molecule has 0 spiro atoms. The molecule has 1 aliphatic heterocycles. The van der Waals surface area contributed by atoms with Crippen molar-refractivity contribution >= 4 is 18.0 Å². The quantitative estimate of drug-likeness (QED) is 0.544. The fourth-order valence-electron chi connectivity index (χ4n) is 5.25. The van der Waals surface area contributed by atoms with Gasteiger partial charge in [-0.15, -0.1) is 6.58 Å². The van der Waals surface area contributed by atoms with Gasteiger partial charge in [-0.3, -0.25) is 9.59 Å². The molecule has 1 unspecified atom stereocenters. The minimum Gasteiger partial charge on any atom is -0.481 e. The Morgan fingerprint density at radius 3 is 2.34 bits per heavy atom. The van der Waals surface area contributed by atoms with Crippen LogP contribution in [0.1, 0.15) is 49.7 Å². The SMILES string of the molecule is C=CCCC(NC(=O)OCC1c2ccccc2-c2ccccc21)C(=O)N1CC[C@@H](C(=O)O)C[C@H]1C. The van der Waals surface area contributed by atoms with E-state index < -0.39 is 24.0 Å². The third-order valence-electron chi connectivity index (χ3n) is 7.10. The Labute approximate surface area is 205 Å². The van der Waals surface area contributed by atoms with Crippen molar-refractivity contribution in [3.63, 3.8) is 0 Å². The lowest BCUT2D eigenvalue weighted by Gasteiger charge is -2.38. The van der Waals surface area contributed by atoms with Gasteiger partial charge in [0.25, 0.3) is 0 Å². The van der Waals surface area contributed by atoms with Gasteiger partial charge in [-0.05, 0) is 54.9 Å². The summed E-state index contributed by atoms with van der Waals surface area (Å²) >= 11 is 0. The molecule has 0 radical (unpaired) electrons. The van der Waals surface area contributed by atoms with Gasteiger partial charge in [-0.1, -0.05) is 54.6 Å². The van der Waals surface area contributed by atoms with Crippen LogP contribution in [0.5, 0.6) is 0 Å². The van der Waals surface area contributed by atoms with E-state index in [0.717, 1.165) is 22.3 Å². The Kier molecular flexibility index (Phi) is 7.54. The van der Waals surface area contributed by atoms with Crippen molar-refractivity contribution in [3.05, 3.63) is 72.3 Å². The second-order valence-corrected chi connectivity index (χ2v) is 9.33. The molecule has 1 heterocycles. The van der Waals surface area contributed by atoms with E-state index in [4.69, 9.17) is 4.74 Å². The number of amides is 2. The molecular formula is C28H32N2O5. The number of hydrogen-bond donors (Lipinski definition) is 2. The number of allylic oxidation sites excluding steroid dienone is 1. The Hall–Kier alpha value is -3.61. The summed E-state index contributed by atoms with van der Waals surface area (Å²) in [5.41, 5.74) is 4.54. The molecule has 2 aromatic carbocycles. The molecule has 0 saturated carbocycles. The van der Waals surface area contributed by atoms with Crippen molar-refractivity contribution in [2.24, 2.45) is 5.92 Å². The third-order valence-corrected chi connectivity index (χ3v) is 7.10. The number of nitrogens with one attached hydrogen (secondary N) is 1. The van der Waals surface area contributed by atoms with Crippen LogP contribution >= 0.6 is 0 Å². The summed E-state index contributed by atoms with van der Waals surface area (Å²) in [5, 5.41) is 12.1. The molecule has 0 bridgehead atoms. The van der Waals surface area contributed by atoms with Gasteiger partial charge in [0.05, 0.1) is 5.92 Å². The second-order valence-electron chi connectivity index (χ2n) is 9.33. The van der Waals surface area contributed by atoms with Crippen molar-refractivity contribution in [2.45, 2.75) is 50.6 Å². The molecule has 184 valence electrons. The lowest BCUT2D eigenvalue weighted by Crippen LogP contribution is -2.54. The molecule has 1 fully saturated rings. The van der Waals surface area contributed by atoms with Crippen molar-refractivity contribution in [1.29, 1.82) is 0 Å². The maximum atomic E-state index is 13.3. The maximum absolute atomic E-state index is 13.3. The third kappa shape index (κ3) is 5.24. The smallest absolute Gasteiger partial charge is 0.407 e. The Morgan fingerprint density at radius 2 is 1.77 bits per heavy atom. The van der Waals surface area contributed by atoms with E-state index in [0.29, 0.717) is 32.2 Å². The van der Waals surface area contributed by atoms with Crippen LogP contribution in [0.3, 0.4) is 0 Å². The molecule has 7 nitrogen and oxygen atoms in total. The average molecular weight is 477 g/mol. The van der Waals surface area contributed by atoms with Crippen molar-refractivity contribution in [1.82, 2.24) is 10.2 Å². The van der Waals surface area contributed by atoms with Crippen molar-refractivity contribution in [2.75, 3.05) is 13.2 Å². The van der Waals surface area contributed by atoms with Crippen LogP contribution in [0, 0.1) is 5.92 Å². The molecule has 3 atom stereocenters. The number of hydrogen-bond acceptors (Lipinski definition) is 4. The van der Waals surface area contributed by atoms with E-state index >= 15 is 0 Å². The minimum atomic E-state index is -0.830. The Balaban J connectivity index is 1.41. The number of carboxylic acids is 1. The fourth-order valence-corrected chi connectivity index (χ4v) is 5.25. The number of carbonyl (C=O) groups excluding carboxylic acids is 2. The van der Waals surface area contributed by atoms with Gasteiger partial charge in [-0.2, -0.15) is 0 Å². The van der Waals surface area contributed by atoms with Crippen LogP contribution in [-0.4, -0.2) is 53.2 Å². The summed E-state index contributed by atoms with van der Waals surface area (Å²) in [7, 11) is 0. The summed E-state index contributed by atoms with van der Waals surface area (Å²) in [5.74, 6) is -1.55. The summed E-state index contributed by atoms with van der Waals surface area (Å²) in [4.78, 5) is 39.1. The summed E-state index contributed by atoms with van der Waals surface area (Å²) in [6.07, 6.45) is 2.84. The molecule has 2 N–H and O–H groups in total. The monoisotopic (exact) mass is 476 g/mol. The summed E-state index contributed by atoms with van der Waals surface area (Å²) in [6.45, 7) is 6.10. The van der Waals surface area contributed by atoms with Crippen LogP contribution in [0.15, 0.2) is 61.2 Å². The van der Waals surface area contributed by atoms with E-state index in [1.807, 2.05) is 31.2 Å². The van der Waals surface area contributed by atoms with E-state index in [1.165, 1.54) is 0 Å². The zero-order valence-electron chi connectivity index (χ0n) is 20.0. The summed E-state index contributed by atoms with van der Waals surface area (Å²) in [6, 6.07) is 15.3. The Morgan fingerprint density at radius 1 is 1.14 bits per heavy atom. The highest BCUT2D eigenvalue weighted by atomic mass is 16.5. The number of aliphatic carboxylic acids is 1. The molecule has 2 aliphatic rings. The lowest BCUT2D eigenvalue weighted by atomic mass is 9.91. The highest BCUT2D eigenvalue weighted by Crippen LogP contribution is 2.44. The predicted molar refractivity (Wildman–Crippen MR) is 133 cm³/mol. The van der Waals surface area contributed by atoms with Gasteiger partial charge >= 0.3 is 12.1 Å². The number of alkyl carbamates (subject to hydrolysis) is 1.